The number of aromatic nitrogens is 1. The van der Waals surface area contributed by atoms with Gasteiger partial charge in [0, 0.05) is 21.6 Å². The molecule has 2 nitrogen and oxygen atoms in total. The fourth-order valence-electron chi connectivity index (χ4n) is 1.98. The third-order valence-electron chi connectivity index (χ3n) is 3.15. The van der Waals surface area contributed by atoms with Crippen molar-refractivity contribution in [1.29, 1.82) is 0 Å². The minimum atomic E-state index is 0.264. The molecule has 0 fully saturated rings. The lowest BCUT2D eigenvalue weighted by atomic mass is 10.1. The number of hydrogen-bond acceptors (Lipinski definition) is 3. The number of thiophene rings is 1. The molecule has 0 aliphatic rings. The van der Waals surface area contributed by atoms with Crippen LogP contribution < -0.4 is 5.32 Å². The van der Waals surface area contributed by atoms with Crippen molar-refractivity contribution in [2.75, 3.05) is 6.54 Å². The predicted molar refractivity (Wildman–Crippen MR) is 78.3 cm³/mol. The fraction of sp³-hybridized carbons (Fsp3) is 0.400. The topological polar surface area (TPSA) is 24.9 Å². The average molecular weight is 260 g/mol. The second-order valence-electron chi connectivity index (χ2n) is 4.61. The average Bonchev–Trinajstić information content (AvgIpc) is 2.68. The van der Waals surface area contributed by atoms with Crippen LogP contribution in [-0.2, 0) is 0 Å². The van der Waals surface area contributed by atoms with E-state index >= 15 is 0 Å². The highest BCUT2D eigenvalue weighted by Crippen LogP contribution is 2.30. The highest BCUT2D eigenvalue weighted by molar-refractivity contribution is 7.12. The number of nitrogens with one attached hydrogen (secondary N) is 1. The summed E-state index contributed by atoms with van der Waals surface area (Å²) in [5.41, 5.74) is 3.68. The molecule has 0 amide bonds. The summed E-state index contributed by atoms with van der Waals surface area (Å²) in [4.78, 5) is 7.17. The Labute approximate surface area is 113 Å². The van der Waals surface area contributed by atoms with Crippen LogP contribution in [0.1, 0.15) is 39.5 Å². The summed E-state index contributed by atoms with van der Waals surface area (Å²) in [6.45, 7) is 9.47. The largest absolute Gasteiger partial charge is 0.306 e. The lowest BCUT2D eigenvalue weighted by Crippen LogP contribution is -2.21. The second-order valence-corrected chi connectivity index (χ2v) is 5.90. The van der Waals surface area contributed by atoms with Crippen LogP contribution >= 0.6 is 11.3 Å². The smallest absolute Gasteiger partial charge is 0.0686 e. The number of aryl methyl sites for hydroxylation is 3. The third kappa shape index (κ3) is 2.79. The first-order valence-electron chi connectivity index (χ1n) is 6.34. The molecule has 18 heavy (non-hydrogen) atoms. The molecule has 96 valence electrons. The maximum absolute atomic E-state index is 4.40. The van der Waals surface area contributed by atoms with E-state index in [1.165, 1.54) is 20.9 Å². The number of hydrogen-bond donors (Lipinski definition) is 1. The van der Waals surface area contributed by atoms with Gasteiger partial charge in [0.25, 0.3) is 0 Å². The molecular formula is C15H20N2S. The molecule has 2 heterocycles. The molecule has 0 bridgehead atoms. The first-order valence-corrected chi connectivity index (χ1v) is 7.16. The summed E-state index contributed by atoms with van der Waals surface area (Å²) < 4.78 is 0. The van der Waals surface area contributed by atoms with Crippen molar-refractivity contribution in [2.45, 2.75) is 33.7 Å². The molecular weight excluding hydrogens is 240 g/mol. The molecule has 0 aliphatic carbocycles. The van der Waals surface area contributed by atoms with Crippen LogP contribution in [0.3, 0.4) is 0 Å². The van der Waals surface area contributed by atoms with E-state index in [1.54, 1.807) is 0 Å². The Morgan fingerprint density at radius 3 is 2.56 bits per heavy atom. The zero-order valence-corrected chi connectivity index (χ0v) is 12.3. The summed E-state index contributed by atoms with van der Waals surface area (Å²) in [6.07, 6.45) is 1.98. The Balaban J connectivity index is 2.36. The number of nitrogens with zero attached hydrogens (tertiary/aromatic N) is 1. The van der Waals surface area contributed by atoms with Gasteiger partial charge in [0.15, 0.2) is 0 Å². The Morgan fingerprint density at radius 2 is 2.06 bits per heavy atom. The van der Waals surface area contributed by atoms with E-state index < -0.39 is 0 Å². The van der Waals surface area contributed by atoms with Crippen molar-refractivity contribution >= 4 is 11.3 Å². The van der Waals surface area contributed by atoms with Crippen molar-refractivity contribution in [3.05, 3.63) is 51.0 Å². The predicted octanol–water partition coefficient (Wildman–Crippen LogP) is 3.77. The quantitative estimate of drug-likeness (QED) is 0.905. The van der Waals surface area contributed by atoms with Gasteiger partial charge in [-0.25, -0.2) is 0 Å². The minimum Gasteiger partial charge on any atom is -0.306 e. The van der Waals surface area contributed by atoms with Crippen LogP contribution in [0.2, 0.25) is 0 Å². The van der Waals surface area contributed by atoms with Gasteiger partial charge in [-0.2, -0.15) is 0 Å². The molecule has 0 saturated heterocycles. The molecule has 2 aromatic heterocycles. The highest BCUT2D eigenvalue weighted by atomic mass is 32.1. The molecule has 1 atom stereocenters. The van der Waals surface area contributed by atoms with Crippen molar-refractivity contribution in [3.63, 3.8) is 0 Å². The van der Waals surface area contributed by atoms with Crippen LogP contribution in [0.5, 0.6) is 0 Å². The monoisotopic (exact) mass is 260 g/mol. The van der Waals surface area contributed by atoms with Crippen LogP contribution in [-0.4, -0.2) is 11.5 Å². The van der Waals surface area contributed by atoms with Gasteiger partial charge >= 0.3 is 0 Å². The van der Waals surface area contributed by atoms with E-state index in [1.807, 2.05) is 24.5 Å². The van der Waals surface area contributed by atoms with E-state index in [9.17, 15) is 0 Å². The molecule has 1 unspecified atom stereocenters. The molecule has 1 N–H and O–H groups in total. The highest BCUT2D eigenvalue weighted by Gasteiger charge is 2.16. The van der Waals surface area contributed by atoms with Crippen molar-refractivity contribution < 1.29 is 0 Å². The molecule has 0 aliphatic heterocycles. The summed E-state index contributed by atoms with van der Waals surface area (Å²) in [5, 5.41) is 3.55. The van der Waals surface area contributed by atoms with Gasteiger partial charge in [-0.15, -0.1) is 11.3 Å². The summed E-state index contributed by atoms with van der Waals surface area (Å²) >= 11 is 1.87. The molecule has 3 heteroatoms. The van der Waals surface area contributed by atoms with E-state index in [0.717, 1.165) is 12.2 Å². The van der Waals surface area contributed by atoms with Gasteiger partial charge in [0.2, 0.25) is 0 Å². The molecule has 0 radical (unpaired) electrons. The van der Waals surface area contributed by atoms with Gasteiger partial charge in [0.1, 0.15) is 0 Å². The van der Waals surface area contributed by atoms with Gasteiger partial charge < -0.3 is 5.32 Å². The second kappa shape index (κ2) is 5.63. The standard InChI is InChI=1S/C15H20N2S/c1-5-16-15(13-7-6-11(3)17-9-13)14-8-10(2)12(4)18-14/h6-9,15-16H,5H2,1-4H3. The molecule has 0 saturated carbocycles. The summed E-state index contributed by atoms with van der Waals surface area (Å²) in [6, 6.07) is 6.79. The van der Waals surface area contributed by atoms with Gasteiger partial charge in [0.05, 0.1) is 6.04 Å². The van der Waals surface area contributed by atoms with Crippen LogP contribution in [0, 0.1) is 20.8 Å². The normalized spacial score (nSPS) is 12.7. The lowest BCUT2D eigenvalue weighted by Gasteiger charge is -2.16. The van der Waals surface area contributed by atoms with E-state index in [2.05, 4.69) is 49.3 Å². The fourth-order valence-corrected chi connectivity index (χ4v) is 3.13. The maximum atomic E-state index is 4.40. The summed E-state index contributed by atoms with van der Waals surface area (Å²) in [7, 11) is 0. The van der Waals surface area contributed by atoms with Crippen molar-refractivity contribution in [3.8, 4) is 0 Å². The zero-order chi connectivity index (χ0) is 13.1. The number of rotatable bonds is 4. The Hall–Kier alpha value is -1.19. The first-order chi connectivity index (χ1) is 8.61. The van der Waals surface area contributed by atoms with Crippen LogP contribution in [0.15, 0.2) is 24.4 Å². The Bertz CT molecular complexity index is 494. The van der Waals surface area contributed by atoms with Gasteiger partial charge in [-0.3, -0.25) is 4.98 Å². The first kappa shape index (κ1) is 13.2. The van der Waals surface area contributed by atoms with Gasteiger partial charge in [-0.1, -0.05) is 13.0 Å². The Morgan fingerprint density at radius 1 is 1.28 bits per heavy atom. The van der Waals surface area contributed by atoms with E-state index in [4.69, 9.17) is 0 Å². The maximum Gasteiger partial charge on any atom is 0.0686 e. The van der Waals surface area contributed by atoms with E-state index in [-0.39, 0.29) is 6.04 Å². The molecule has 0 aromatic carbocycles. The van der Waals surface area contributed by atoms with Crippen LogP contribution in [0.25, 0.3) is 0 Å². The number of pyridine rings is 1. The van der Waals surface area contributed by atoms with Crippen molar-refractivity contribution in [2.24, 2.45) is 0 Å². The third-order valence-corrected chi connectivity index (χ3v) is 4.36. The minimum absolute atomic E-state index is 0.264. The Kier molecular flexibility index (Phi) is 4.15. The van der Waals surface area contributed by atoms with Crippen molar-refractivity contribution in [1.82, 2.24) is 10.3 Å². The molecule has 0 spiro atoms. The zero-order valence-electron chi connectivity index (χ0n) is 11.4. The molecule has 2 rings (SSSR count). The molecule has 2 aromatic rings. The lowest BCUT2D eigenvalue weighted by molar-refractivity contribution is 0.637. The summed E-state index contributed by atoms with van der Waals surface area (Å²) in [5.74, 6) is 0. The SMILES string of the molecule is CCNC(c1ccc(C)nc1)c1cc(C)c(C)s1. The van der Waals surface area contributed by atoms with Crippen LogP contribution in [0.4, 0.5) is 0 Å². The van der Waals surface area contributed by atoms with E-state index in [0.29, 0.717) is 0 Å². The van der Waals surface area contributed by atoms with Gasteiger partial charge in [-0.05, 0) is 50.6 Å².